The summed E-state index contributed by atoms with van der Waals surface area (Å²) in [6, 6.07) is 3.62. The number of piperidine rings is 1. The molecule has 1 aromatic heterocycles. The fraction of sp³-hybridized carbons (Fsp3) is 0.526. The second-order valence-corrected chi connectivity index (χ2v) is 6.71. The van der Waals surface area contributed by atoms with E-state index in [0.29, 0.717) is 31.7 Å². The molecule has 1 aliphatic heterocycles. The molecule has 7 nitrogen and oxygen atoms in total. The van der Waals surface area contributed by atoms with Crippen molar-refractivity contribution in [3.8, 4) is 0 Å². The summed E-state index contributed by atoms with van der Waals surface area (Å²) in [5.74, 6) is 0.387. The maximum atomic E-state index is 12.2. The van der Waals surface area contributed by atoms with Crippen LogP contribution < -0.4 is 10.6 Å². The van der Waals surface area contributed by atoms with E-state index in [-0.39, 0.29) is 42.6 Å². The molecule has 7 heteroatoms. The Hall–Kier alpha value is -2.57. The summed E-state index contributed by atoms with van der Waals surface area (Å²) in [5.41, 5.74) is 0. The number of amides is 3. The lowest BCUT2D eigenvalue weighted by Gasteiger charge is -2.31. The molecular weight excluding hydrogens is 334 g/mol. The molecule has 2 rings (SSSR count). The van der Waals surface area contributed by atoms with E-state index in [0.717, 1.165) is 0 Å². The molecule has 0 spiro atoms. The molecular formula is C19H27N3O4. The lowest BCUT2D eigenvalue weighted by Crippen LogP contribution is -2.44. The molecule has 0 unspecified atom stereocenters. The summed E-state index contributed by atoms with van der Waals surface area (Å²) >= 11 is 0. The van der Waals surface area contributed by atoms with Crippen molar-refractivity contribution in [2.45, 2.75) is 39.2 Å². The third-order valence-corrected chi connectivity index (χ3v) is 4.23. The van der Waals surface area contributed by atoms with E-state index in [1.807, 2.05) is 13.8 Å². The van der Waals surface area contributed by atoms with Gasteiger partial charge in [0.05, 0.1) is 6.26 Å². The van der Waals surface area contributed by atoms with E-state index in [4.69, 9.17) is 4.42 Å². The Kier molecular flexibility index (Phi) is 7.44. The molecule has 142 valence electrons. The molecule has 0 radical (unpaired) electrons. The average Bonchev–Trinajstić information content (AvgIpc) is 3.13. The Bertz CT molecular complexity index is 629. The number of nitrogens with zero attached hydrogens (tertiary/aromatic N) is 1. The summed E-state index contributed by atoms with van der Waals surface area (Å²) in [4.78, 5) is 37.7. The van der Waals surface area contributed by atoms with Gasteiger partial charge in [0.15, 0.2) is 0 Å². The van der Waals surface area contributed by atoms with Crippen molar-refractivity contribution in [2.75, 3.05) is 19.6 Å². The molecule has 1 aliphatic rings. The maximum absolute atomic E-state index is 12.2. The van der Waals surface area contributed by atoms with Crippen LogP contribution in [0.25, 0.3) is 6.08 Å². The Morgan fingerprint density at radius 1 is 1.31 bits per heavy atom. The standard InChI is InChI=1S/C19H27N3O4/c1-14(2)21-19(25)15-8-11-22(12-9-15)18(24)7-10-20-17(23)6-5-16-4-3-13-26-16/h3-6,13-15H,7-12H2,1-2H3,(H,20,23)(H,21,25)/b6-5+. The van der Waals surface area contributed by atoms with Gasteiger partial charge >= 0.3 is 0 Å². The number of hydrogen-bond donors (Lipinski definition) is 2. The number of carbonyl (C=O) groups is 3. The predicted octanol–water partition coefficient (Wildman–Crippen LogP) is 1.56. The van der Waals surface area contributed by atoms with Crippen LogP contribution in [-0.4, -0.2) is 48.3 Å². The predicted molar refractivity (Wildman–Crippen MR) is 98.0 cm³/mol. The van der Waals surface area contributed by atoms with E-state index in [2.05, 4.69) is 10.6 Å². The van der Waals surface area contributed by atoms with Gasteiger partial charge in [0.2, 0.25) is 17.7 Å². The largest absolute Gasteiger partial charge is 0.465 e. The molecule has 1 fully saturated rings. The summed E-state index contributed by atoms with van der Waals surface area (Å²) in [5, 5.41) is 5.61. The van der Waals surface area contributed by atoms with E-state index in [9.17, 15) is 14.4 Å². The number of hydrogen-bond acceptors (Lipinski definition) is 4. The average molecular weight is 361 g/mol. The van der Waals surface area contributed by atoms with Gasteiger partial charge in [-0.15, -0.1) is 0 Å². The second-order valence-electron chi connectivity index (χ2n) is 6.71. The zero-order valence-corrected chi connectivity index (χ0v) is 15.4. The van der Waals surface area contributed by atoms with Gasteiger partial charge in [-0.05, 0) is 44.9 Å². The fourth-order valence-electron chi connectivity index (χ4n) is 2.85. The highest BCUT2D eigenvalue weighted by Crippen LogP contribution is 2.18. The van der Waals surface area contributed by atoms with Crippen molar-refractivity contribution in [1.29, 1.82) is 0 Å². The Morgan fingerprint density at radius 2 is 2.04 bits per heavy atom. The smallest absolute Gasteiger partial charge is 0.244 e. The van der Waals surface area contributed by atoms with E-state index in [1.54, 1.807) is 23.1 Å². The minimum Gasteiger partial charge on any atom is -0.465 e. The van der Waals surface area contributed by atoms with Crippen LogP contribution in [0.4, 0.5) is 0 Å². The Labute approximate surface area is 153 Å². The first kappa shape index (κ1) is 19.8. The van der Waals surface area contributed by atoms with Crippen LogP contribution in [0.5, 0.6) is 0 Å². The van der Waals surface area contributed by atoms with Gasteiger partial charge in [-0.3, -0.25) is 14.4 Å². The van der Waals surface area contributed by atoms with E-state index in [1.165, 1.54) is 12.3 Å². The molecule has 0 aliphatic carbocycles. The minimum absolute atomic E-state index is 0.00281. The highest BCUT2D eigenvalue weighted by Gasteiger charge is 2.27. The quantitative estimate of drug-likeness (QED) is 0.721. The first-order chi connectivity index (χ1) is 12.5. The van der Waals surface area contributed by atoms with Crippen LogP contribution in [0.2, 0.25) is 0 Å². The number of rotatable bonds is 7. The summed E-state index contributed by atoms with van der Waals surface area (Å²) in [6.45, 7) is 5.33. The first-order valence-corrected chi connectivity index (χ1v) is 9.03. The van der Waals surface area contributed by atoms with Gasteiger partial charge in [0.1, 0.15) is 5.76 Å². The van der Waals surface area contributed by atoms with Crippen molar-refractivity contribution < 1.29 is 18.8 Å². The van der Waals surface area contributed by atoms with Crippen LogP contribution >= 0.6 is 0 Å². The molecule has 1 saturated heterocycles. The summed E-state index contributed by atoms with van der Waals surface area (Å²) < 4.78 is 5.10. The molecule has 26 heavy (non-hydrogen) atoms. The molecule has 2 heterocycles. The maximum Gasteiger partial charge on any atom is 0.244 e. The molecule has 0 aromatic carbocycles. The number of carbonyl (C=O) groups excluding carboxylic acids is 3. The highest BCUT2D eigenvalue weighted by atomic mass is 16.3. The van der Waals surface area contributed by atoms with E-state index >= 15 is 0 Å². The third-order valence-electron chi connectivity index (χ3n) is 4.23. The number of nitrogens with one attached hydrogen (secondary N) is 2. The topological polar surface area (TPSA) is 91.7 Å². The fourth-order valence-corrected chi connectivity index (χ4v) is 2.85. The minimum atomic E-state index is -0.265. The zero-order chi connectivity index (χ0) is 18.9. The summed E-state index contributed by atoms with van der Waals surface area (Å²) in [6.07, 6.45) is 6.10. The van der Waals surface area contributed by atoms with Crippen molar-refractivity contribution in [3.63, 3.8) is 0 Å². The lowest BCUT2D eigenvalue weighted by molar-refractivity contribution is -0.135. The van der Waals surface area contributed by atoms with Crippen molar-refractivity contribution in [1.82, 2.24) is 15.5 Å². The molecule has 1 aromatic rings. The van der Waals surface area contributed by atoms with Crippen molar-refractivity contribution in [3.05, 3.63) is 30.2 Å². The zero-order valence-electron chi connectivity index (χ0n) is 15.4. The van der Waals surface area contributed by atoms with E-state index < -0.39 is 0 Å². The molecule has 0 bridgehead atoms. The number of furan rings is 1. The second kappa shape index (κ2) is 9.79. The highest BCUT2D eigenvalue weighted by molar-refractivity contribution is 5.91. The van der Waals surface area contributed by atoms with Gasteiger partial charge in [-0.25, -0.2) is 0 Å². The van der Waals surface area contributed by atoms with Crippen LogP contribution in [0, 0.1) is 5.92 Å². The van der Waals surface area contributed by atoms with Crippen LogP contribution in [0.3, 0.4) is 0 Å². The van der Waals surface area contributed by atoms with Crippen molar-refractivity contribution >= 4 is 23.8 Å². The first-order valence-electron chi connectivity index (χ1n) is 9.03. The van der Waals surface area contributed by atoms with Crippen molar-refractivity contribution in [2.24, 2.45) is 5.92 Å². The van der Waals surface area contributed by atoms with Gasteiger partial charge in [0.25, 0.3) is 0 Å². The van der Waals surface area contributed by atoms with Crippen LogP contribution in [0.1, 0.15) is 38.9 Å². The SMILES string of the molecule is CC(C)NC(=O)C1CCN(C(=O)CCNC(=O)/C=C/c2ccco2)CC1. The van der Waals surface area contributed by atoms with Crippen LogP contribution in [-0.2, 0) is 14.4 Å². The third kappa shape index (κ3) is 6.38. The summed E-state index contributed by atoms with van der Waals surface area (Å²) in [7, 11) is 0. The Morgan fingerprint density at radius 3 is 2.65 bits per heavy atom. The van der Waals surface area contributed by atoms with Gasteiger partial charge in [-0.1, -0.05) is 0 Å². The molecule has 0 saturated carbocycles. The normalized spacial score (nSPS) is 15.4. The monoisotopic (exact) mass is 361 g/mol. The molecule has 2 N–H and O–H groups in total. The Balaban J connectivity index is 1.64. The van der Waals surface area contributed by atoms with Gasteiger partial charge in [0, 0.05) is 44.1 Å². The number of likely N-dealkylation sites (tertiary alicyclic amines) is 1. The van der Waals surface area contributed by atoms with Gasteiger partial charge < -0.3 is 20.0 Å². The lowest BCUT2D eigenvalue weighted by atomic mass is 9.95. The van der Waals surface area contributed by atoms with Crippen LogP contribution in [0.15, 0.2) is 28.9 Å². The molecule has 3 amide bonds. The molecule has 0 atom stereocenters. The van der Waals surface area contributed by atoms with Gasteiger partial charge in [-0.2, -0.15) is 0 Å².